The van der Waals surface area contributed by atoms with E-state index < -0.39 is 11.9 Å². The fourth-order valence-corrected chi connectivity index (χ4v) is 2.72. The zero-order valence-electron chi connectivity index (χ0n) is 13.1. The van der Waals surface area contributed by atoms with Crippen molar-refractivity contribution in [2.75, 3.05) is 13.2 Å². The number of fused-ring (bicyclic) bond motifs is 1. The summed E-state index contributed by atoms with van der Waals surface area (Å²) in [6, 6.07) is 7.28. The lowest BCUT2D eigenvalue weighted by atomic mass is 9.90. The second-order valence-corrected chi connectivity index (χ2v) is 5.59. The molecule has 0 radical (unpaired) electrons. The van der Waals surface area contributed by atoms with Gasteiger partial charge in [-0.05, 0) is 18.1 Å². The minimum Gasteiger partial charge on any atom is -0.481 e. The molecule has 1 aliphatic heterocycles. The van der Waals surface area contributed by atoms with Crippen LogP contribution in [0.5, 0.6) is 0 Å². The lowest BCUT2D eigenvalue weighted by molar-refractivity contribution is -0.143. The Morgan fingerprint density at radius 1 is 1.42 bits per heavy atom. The van der Waals surface area contributed by atoms with E-state index in [0.717, 1.165) is 11.1 Å². The normalized spacial score (nSPS) is 16.7. The lowest BCUT2D eigenvalue weighted by Gasteiger charge is -2.32. The maximum Gasteiger partial charge on any atom is 0.312 e. The molecule has 1 atom stereocenters. The van der Waals surface area contributed by atoms with Gasteiger partial charge in [-0.2, -0.15) is 4.98 Å². The summed E-state index contributed by atoms with van der Waals surface area (Å²) in [5.74, 6) is -1.14. The van der Waals surface area contributed by atoms with Gasteiger partial charge < -0.3 is 19.3 Å². The molecule has 3 rings (SSSR count). The quantitative estimate of drug-likeness (QED) is 0.874. The van der Waals surface area contributed by atoms with Crippen molar-refractivity contribution in [1.29, 1.82) is 0 Å². The summed E-state index contributed by atoms with van der Waals surface area (Å²) >= 11 is 0. The molecular formula is C16H17N3O5. The summed E-state index contributed by atoms with van der Waals surface area (Å²) in [5, 5.41) is 13.0. The number of hydrogen-bond acceptors (Lipinski definition) is 6. The van der Waals surface area contributed by atoms with Crippen LogP contribution < -0.4 is 0 Å². The van der Waals surface area contributed by atoms with Crippen molar-refractivity contribution >= 4 is 11.9 Å². The Kier molecular flexibility index (Phi) is 4.57. The number of ether oxygens (including phenoxy) is 1. The van der Waals surface area contributed by atoms with E-state index >= 15 is 0 Å². The van der Waals surface area contributed by atoms with Gasteiger partial charge in [-0.25, -0.2) is 0 Å². The highest BCUT2D eigenvalue weighted by Crippen LogP contribution is 2.28. The first-order valence-electron chi connectivity index (χ1n) is 7.50. The van der Waals surface area contributed by atoms with Gasteiger partial charge in [0.05, 0.1) is 5.92 Å². The van der Waals surface area contributed by atoms with Gasteiger partial charge in [-0.1, -0.05) is 29.4 Å². The molecule has 0 saturated heterocycles. The average Bonchev–Trinajstić information content (AvgIpc) is 2.98. The van der Waals surface area contributed by atoms with Crippen molar-refractivity contribution in [3.63, 3.8) is 0 Å². The molecule has 0 fully saturated rings. The van der Waals surface area contributed by atoms with Crippen molar-refractivity contribution in [2.45, 2.75) is 26.0 Å². The van der Waals surface area contributed by atoms with Gasteiger partial charge in [0.1, 0.15) is 13.2 Å². The molecule has 1 aliphatic rings. The molecule has 1 aromatic carbocycles. The molecule has 8 heteroatoms. The zero-order valence-corrected chi connectivity index (χ0v) is 13.1. The molecule has 126 valence electrons. The summed E-state index contributed by atoms with van der Waals surface area (Å²) < 4.78 is 10.2. The van der Waals surface area contributed by atoms with E-state index in [1.165, 1.54) is 4.90 Å². The molecule has 24 heavy (non-hydrogen) atoms. The standard InChI is InChI=1S/C16H17N3O5/c1-10-17-14(24-18-10)8-23-9-15(20)19-6-11-4-2-3-5-12(11)13(7-19)16(21)22/h2-5,13H,6-9H2,1H3,(H,21,22). The van der Waals surface area contributed by atoms with E-state index in [4.69, 9.17) is 9.26 Å². The Hall–Kier alpha value is -2.74. The molecule has 0 saturated carbocycles. The molecule has 0 bridgehead atoms. The van der Waals surface area contributed by atoms with Crippen molar-refractivity contribution < 1.29 is 24.0 Å². The van der Waals surface area contributed by atoms with Gasteiger partial charge in [0.2, 0.25) is 5.91 Å². The largest absolute Gasteiger partial charge is 0.481 e. The first-order chi connectivity index (χ1) is 11.5. The number of aromatic nitrogens is 2. The van der Waals surface area contributed by atoms with Crippen LogP contribution in [0.1, 0.15) is 28.8 Å². The Morgan fingerprint density at radius 2 is 2.21 bits per heavy atom. The summed E-state index contributed by atoms with van der Waals surface area (Å²) in [6.07, 6.45) is 0. The van der Waals surface area contributed by atoms with E-state index in [0.29, 0.717) is 18.3 Å². The third-order valence-corrected chi connectivity index (χ3v) is 3.87. The molecule has 1 aromatic heterocycles. The number of hydrogen-bond donors (Lipinski definition) is 1. The fourth-order valence-electron chi connectivity index (χ4n) is 2.72. The van der Waals surface area contributed by atoms with Crippen LogP contribution in [0.3, 0.4) is 0 Å². The van der Waals surface area contributed by atoms with Crippen LogP contribution in [0.15, 0.2) is 28.8 Å². The number of carboxylic acids is 1. The first-order valence-corrected chi connectivity index (χ1v) is 7.50. The Morgan fingerprint density at radius 3 is 2.92 bits per heavy atom. The van der Waals surface area contributed by atoms with E-state index in [9.17, 15) is 14.7 Å². The van der Waals surface area contributed by atoms with Gasteiger partial charge in [0.15, 0.2) is 5.82 Å². The van der Waals surface area contributed by atoms with E-state index in [1.54, 1.807) is 13.0 Å². The minimum absolute atomic E-state index is 0.0410. The molecule has 2 aromatic rings. The predicted molar refractivity (Wildman–Crippen MR) is 80.9 cm³/mol. The second kappa shape index (κ2) is 6.79. The van der Waals surface area contributed by atoms with Gasteiger partial charge in [0.25, 0.3) is 5.89 Å². The van der Waals surface area contributed by atoms with E-state index in [1.807, 2.05) is 18.2 Å². The topological polar surface area (TPSA) is 106 Å². The maximum absolute atomic E-state index is 12.3. The SMILES string of the molecule is Cc1noc(COCC(=O)N2Cc3ccccc3C(C(=O)O)C2)n1. The van der Waals surface area contributed by atoms with Gasteiger partial charge >= 0.3 is 5.97 Å². The molecule has 1 N–H and O–H groups in total. The van der Waals surface area contributed by atoms with Crippen molar-refractivity contribution in [3.8, 4) is 0 Å². The number of carbonyl (C=O) groups is 2. The number of amides is 1. The van der Waals surface area contributed by atoms with Crippen LogP contribution >= 0.6 is 0 Å². The minimum atomic E-state index is -0.942. The Bertz CT molecular complexity index is 758. The predicted octanol–water partition coefficient (Wildman–Crippen LogP) is 1.11. The van der Waals surface area contributed by atoms with Crippen LogP contribution in [0.4, 0.5) is 0 Å². The highest BCUT2D eigenvalue weighted by molar-refractivity contribution is 5.82. The number of aryl methyl sites for hydroxylation is 1. The number of carboxylic acid groups (broad SMARTS) is 1. The smallest absolute Gasteiger partial charge is 0.312 e. The van der Waals surface area contributed by atoms with Gasteiger partial charge in [-0.3, -0.25) is 9.59 Å². The van der Waals surface area contributed by atoms with Gasteiger partial charge in [0, 0.05) is 13.1 Å². The highest BCUT2D eigenvalue weighted by atomic mass is 16.5. The monoisotopic (exact) mass is 331 g/mol. The molecule has 0 spiro atoms. The Labute approximate surface area is 138 Å². The number of aliphatic carboxylic acids is 1. The zero-order chi connectivity index (χ0) is 17.1. The van der Waals surface area contributed by atoms with Crippen LogP contribution in [0.25, 0.3) is 0 Å². The molecule has 8 nitrogen and oxygen atoms in total. The highest BCUT2D eigenvalue weighted by Gasteiger charge is 2.32. The molecule has 1 amide bonds. The third-order valence-electron chi connectivity index (χ3n) is 3.87. The van der Waals surface area contributed by atoms with Crippen LogP contribution in [-0.2, 0) is 27.5 Å². The van der Waals surface area contributed by atoms with Crippen LogP contribution in [0.2, 0.25) is 0 Å². The van der Waals surface area contributed by atoms with E-state index in [2.05, 4.69) is 10.1 Å². The van der Waals surface area contributed by atoms with Crippen molar-refractivity contribution in [3.05, 3.63) is 47.1 Å². The number of rotatable bonds is 5. The summed E-state index contributed by atoms with van der Waals surface area (Å²) in [6.45, 7) is 2.07. The summed E-state index contributed by atoms with van der Waals surface area (Å²) in [5.41, 5.74) is 1.60. The molecule has 1 unspecified atom stereocenters. The Balaban J connectivity index is 1.62. The van der Waals surface area contributed by atoms with Crippen LogP contribution in [-0.4, -0.2) is 45.2 Å². The third kappa shape index (κ3) is 3.43. The molecule has 0 aliphatic carbocycles. The van der Waals surface area contributed by atoms with Crippen molar-refractivity contribution in [1.82, 2.24) is 15.0 Å². The van der Waals surface area contributed by atoms with Crippen LogP contribution in [0, 0.1) is 6.92 Å². The second-order valence-electron chi connectivity index (χ2n) is 5.59. The number of nitrogens with zero attached hydrogens (tertiary/aromatic N) is 3. The summed E-state index contributed by atoms with van der Waals surface area (Å²) in [4.78, 5) is 29.3. The maximum atomic E-state index is 12.3. The molecule has 2 heterocycles. The average molecular weight is 331 g/mol. The van der Waals surface area contributed by atoms with E-state index in [-0.39, 0.29) is 25.7 Å². The number of benzene rings is 1. The number of carbonyl (C=O) groups excluding carboxylic acids is 1. The summed E-state index contributed by atoms with van der Waals surface area (Å²) in [7, 11) is 0. The molecular weight excluding hydrogens is 314 g/mol. The lowest BCUT2D eigenvalue weighted by Crippen LogP contribution is -2.42. The fraction of sp³-hybridized carbons (Fsp3) is 0.375. The first kappa shape index (κ1) is 16.1. The van der Waals surface area contributed by atoms with Crippen molar-refractivity contribution in [2.24, 2.45) is 0 Å². The van der Waals surface area contributed by atoms with Gasteiger partial charge in [-0.15, -0.1) is 0 Å².